The van der Waals surface area contributed by atoms with E-state index in [-0.39, 0.29) is 6.04 Å². The normalized spacial score (nSPS) is 16.2. The number of ether oxygens (including phenoxy) is 5. The number of aliphatic hydroxyl groups excluding tert-OH is 1. The van der Waals surface area contributed by atoms with Crippen LogP contribution in [0.3, 0.4) is 0 Å². The maximum Gasteiger partial charge on any atom is 0.330 e. The summed E-state index contributed by atoms with van der Waals surface area (Å²) in [6.45, 7) is -0.0128. The highest BCUT2D eigenvalue weighted by atomic mass is 16.5. The molecule has 0 saturated carbocycles. The van der Waals surface area contributed by atoms with E-state index in [0.717, 1.165) is 35.1 Å². The molecule has 3 aromatic rings. The number of nitrogens with one attached hydrogen (secondary N) is 1. The number of methoxy groups -OCH3 is 5. The number of carbonyl (C=O) groups is 2. The van der Waals surface area contributed by atoms with Crippen molar-refractivity contribution < 1.29 is 38.4 Å². The second kappa shape index (κ2) is 14.8. The first-order valence-corrected chi connectivity index (χ1v) is 14.1. The van der Waals surface area contributed by atoms with Gasteiger partial charge in [0, 0.05) is 12.6 Å². The van der Waals surface area contributed by atoms with Crippen LogP contribution in [0.4, 0.5) is 0 Å². The van der Waals surface area contributed by atoms with E-state index in [0.29, 0.717) is 36.0 Å². The first-order chi connectivity index (χ1) is 20.9. The molecule has 0 aromatic heterocycles. The van der Waals surface area contributed by atoms with Gasteiger partial charge in [0.25, 0.3) is 0 Å². The van der Waals surface area contributed by atoms with Crippen molar-refractivity contribution in [3.63, 3.8) is 0 Å². The standard InChI is InChI=1S/C33H40N2O8/c1-39-27-14-13-21(17-28(27)40-2)16-26-24-19-30(42-4)29(41-3)18-23(24)12-9-15-35(26)31(22-10-7-6-8-11-22)32(37)34-25(20-36)33(38)43-5/h6-8,10-11,13-14,17-19,25-26,31,36H,9,12,15-16,20H2,1-5H3,(H,34,37). The van der Waals surface area contributed by atoms with Crippen molar-refractivity contribution in [3.05, 3.63) is 82.9 Å². The van der Waals surface area contributed by atoms with Crippen molar-refractivity contribution >= 4 is 11.9 Å². The lowest BCUT2D eigenvalue weighted by Crippen LogP contribution is -2.50. The second-order valence-corrected chi connectivity index (χ2v) is 10.2. The second-order valence-electron chi connectivity index (χ2n) is 10.2. The molecule has 3 atom stereocenters. The summed E-state index contributed by atoms with van der Waals surface area (Å²) >= 11 is 0. The van der Waals surface area contributed by atoms with Crippen LogP contribution in [0.5, 0.6) is 23.0 Å². The van der Waals surface area contributed by atoms with E-state index in [1.165, 1.54) is 7.11 Å². The van der Waals surface area contributed by atoms with Crippen molar-refractivity contribution in [3.8, 4) is 23.0 Å². The smallest absolute Gasteiger partial charge is 0.330 e. The number of fused-ring (bicyclic) bond motifs is 1. The third kappa shape index (κ3) is 7.03. The average molecular weight is 593 g/mol. The van der Waals surface area contributed by atoms with Gasteiger partial charge in [-0.3, -0.25) is 9.69 Å². The summed E-state index contributed by atoms with van der Waals surface area (Å²) in [5.41, 5.74) is 3.83. The predicted molar refractivity (Wildman–Crippen MR) is 161 cm³/mol. The zero-order valence-electron chi connectivity index (χ0n) is 25.3. The van der Waals surface area contributed by atoms with E-state index in [9.17, 15) is 14.7 Å². The van der Waals surface area contributed by atoms with Gasteiger partial charge in [-0.2, -0.15) is 0 Å². The number of aliphatic hydroxyl groups is 1. The van der Waals surface area contributed by atoms with Crippen LogP contribution >= 0.6 is 0 Å². The lowest BCUT2D eigenvalue weighted by molar-refractivity contribution is -0.147. The van der Waals surface area contributed by atoms with Crippen molar-refractivity contribution in [2.24, 2.45) is 0 Å². The molecule has 0 saturated heterocycles. The Balaban J connectivity index is 1.88. The molecule has 0 spiro atoms. The predicted octanol–water partition coefficient (Wildman–Crippen LogP) is 3.64. The van der Waals surface area contributed by atoms with E-state index < -0.39 is 30.6 Å². The van der Waals surface area contributed by atoms with Gasteiger partial charge in [0.2, 0.25) is 5.91 Å². The van der Waals surface area contributed by atoms with Crippen LogP contribution in [0.2, 0.25) is 0 Å². The van der Waals surface area contributed by atoms with Crippen molar-refractivity contribution in [2.75, 3.05) is 48.7 Å². The Labute approximate surface area is 252 Å². The average Bonchev–Trinajstić information content (AvgIpc) is 3.21. The number of benzene rings is 3. The molecule has 4 rings (SSSR count). The third-order valence-corrected chi connectivity index (χ3v) is 7.82. The van der Waals surface area contributed by atoms with Crippen LogP contribution in [0.15, 0.2) is 60.7 Å². The summed E-state index contributed by atoms with van der Waals surface area (Å²) < 4.78 is 27.2. The van der Waals surface area contributed by atoms with Crippen LogP contribution in [-0.2, 0) is 27.2 Å². The SMILES string of the molecule is COC(=O)C(CO)NC(=O)C(c1ccccc1)N1CCCc2cc(OC)c(OC)cc2C1Cc1ccc(OC)c(OC)c1. The van der Waals surface area contributed by atoms with Crippen molar-refractivity contribution in [2.45, 2.75) is 37.4 Å². The third-order valence-electron chi connectivity index (χ3n) is 7.82. The van der Waals surface area contributed by atoms with E-state index in [4.69, 9.17) is 23.7 Å². The van der Waals surface area contributed by atoms with Gasteiger partial charge < -0.3 is 34.1 Å². The molecule has 0 fully saturated rings. The van der Waals surface area contributed by atoms with Crippen LogP contribution in [0.25, 0.3) is 0 Å². The molecular formula is C33H40N2O8. The van der Waals surface area contributed by atoms with E-state index >= 15 is 0 Å². The fraction of sp³-hybridized carbons (Fsp3) is 0.394. The summed E-state index contributed by atoms with van der Waals surface area (Å²) in [5, 5.41) is 12.6. The molecule has 43 heavy (non-hydrogen) atoms. The molecule has 0 radical (unpaired) electrons. The maximum absolute atomic E-state index is 14.1. The molecule has 0 bridgehead atoms. The van der Waals surface area contributed by atoms with Gasteiger partial charge in [0.15, 0.2) is 29.0 Å². The summed E-state index contributed by atoms with van der Waals surface area (Å²) in [5.74, 6) is 1.32. The zero-order chi connectivity index (χ0) is 30.9. The fourth-order valence-electron chi connectivity index (χ4n) is 5.72. The number of amides is 1. The first kappa shape index (κ1) is 31.7. The van der Waals surface area contributed by atoms with Gasteiger partial charge in [-0.05, 0) is 65.8 Å². The van der Waals surface area contributed by atoms with Crippen molar-refractivity contribution in [1.82, 2.24) is 10.2 Å². The minimum Gasteiger partial charge on any atom is -0.493 e. The fourth-order valence-corrected chi connectivity index (χ4v) is 5.72. The van der Waals surface area contributed by atoms with Gasteiger partial charge in [0.1, 0.15) is 6.04 Å². The van der Waals surface area contributed by atoms with E-state index in [2.05, 4.69) is 10.2 Å². The summed E-state index contributed by atoms with van der Waals surface area (Å²) in [7, 11) is 7.63. The maximum atomic E-state index is 14.1. The summed E-state index contributed by atoms with van der Waals surface area (Å²) in [6, 6.07) is 16.9. The first-order valence-electron chi connectivity index (χ1n) is 14.1. The highest BCUT2D eigenvalue weighted by Crippen LogP contribution is 2.43. The number of aryl methyl sites for hydroxylation is 1. The lowest BCUT2D eigenvalue weighted by Gasteiger charge is -2.38. The van der Waals surface area contributed by atoms with Crippen LogP contribution < -0.4 is 24.3 Å². The molecule has 10 heteroatoms. The number of esters is 1. The summed E-state index contributed by atoms with van der Waals surface area (Å²) in [4.78, 5) is 28.6. The zero-order valence-corrected chi connectivity index (χ0v) is 25.3. The molecule has 1 aliphatic rings. The van der Waals surface area contributed by atoms with Gasteiger partial charge in [-0.25, -0.2) is 4.79 Å². The summed E-state index contributed by atoms with van der Waals surface area (Å²) in [6.07, 6.45) is 2.06. The Morgan fingerprint density at radius 1 is 0.884 bits per heavy atom. The molecule has 2 N–H and O–H groups in total. The Morgan fingerprint density at radius 2 is 1.53 bits per heavy atom. The molecular weight excluding hydrogens is 552 g/mol. The van der Waals surface area contributed by atoms with Crippen LogP contribution in [0, 0.1) is 0 Å². The van der Waals surface area contributed by atoms with Crippen LogP contribution in [-0.4, -0.2) is 76.6 Å². The number of rotatable bonds is 12. The van der Waals surface area contributed by atoms with Gasteiger partial charge in [0.05, 0.1) is 42.2 Å². The van der Waals surface area contributed by atoms with E-state index in [1.54, 1.807) is 28.4 Å². The Kier molecular flexibility index (Phi) is 10.9. The number of nitrogens with zero attached hydrogens (tertiary/aromatic N) is 1. The minimum atomic E-state index is -1.20. The van der Waals surface area contributed by atoms with Gasteiger partial charge in [-0.15, -0.1) is 0 Å². The molecule has 1 heterocycles. The number of hydrogen-bond acceptors (Lipinski definition) is 9. The van der Waals surface area contributed by atoms with Crippen molar-refractivity contribution in [1.29, 1.82) is 0 Å². The Morgan fingerprint density at radius 3 is 2.16 bits per heavy atom. The molecule has 1 aliphatic heterocycles. The monoisotopic (exact) mass is 592 g/mol. The van der Waals surface area contributed by atoms with E-state index in [1.807, 2.05) is 60.7 Å². The molecule has 0 aliphatic carbocycles. The van der Waals surface area contributed by atoms with Gasteiger partial charge >= 0.3 is 5.97 Å². The van der Waals surface area contributed by atoms with Gasteiger partial charge in [-0.1, -0.05) is 36.4 Å². The number of hydrogen-bond donors (Lipinski definition) is 2. The molecule has 3 aromatic carbocycles. The minimum absolute atomic E-state index is 0.294. The highest BCUT2D eigenvalue weighted by Gasteiger charge is 2.38. The Bertz CT molecular complexity index is 1400. The topological polar surface area (TPSA) is 116 Å². The molecule has 230 valence electrons. The molecule has 10 nitrogen and oxygen atoms in total. The highest BCUT2D eigenvalue weighted by molar-refractivity contribution is 5.88. The quantitative estimate of drug-likeness (QED) is 0.304. The van der Waals surface area contributed by atoms with Crippen LogP contribution in [0.1, 0.15) is 40.8 Å². The largest absolute Gasteiger partial charge is 0.493 e. The molecule has 3 unspecified atom stereocenters. The Hall–Kier alpha value is -4.28. The number of carbonyl (C=O) groups excluding carboxylic acids is 2. The lowest BCUT2D eigenvalue weighted by atomic mass is 9.91. The molecule has 1 amide bonds.